The van der Waals surface area contributed by atoms with Gasteiger partial charge in [0.25, 0.3) is 0 Å². The Morgan fingerprint density at radius 3 is 2.68 bits per heavy atom. The van der Waals surface area contributed by atoms with Crippen LogP contribution in [0, 0.1) is 6.92 Å². The number of benzene rings is 2. The van der Waals surface area contributed by atoms with Gasteiger partial charge >= 0.3 is 5.97 Å². The first-order valence-electron chi connectivity index (χ1n) is 11.3. The molecule has 3 aromatic rings. The normalized spacial score (nSPS) is 13.4. The van der Waals surface area contributed by atoms with Gasteiger partial charge < -0.3 is 29.5 Å². The van der Waals surface area contributed by atoms with Crippen molar-refractivity contribution in [2.45, 2.75) is 6.92 Å². The molecule has 1 aliphatic heterocycles. The van der Waals surface area contributed by atoms with E-state index in [0.29, 0.717) is 60.3 Å². The average Bonchev–Trinajstić information content (AvgIpc) is 2.90. The number of morpholine rings is 1. The SMILES string of the molecule is COc1cc(C=NNc2nc(Nc3ccc(C)c(Cl)c3)nc(N3CCOCC3)n2)ccc1OCC(=O)O. The first-order chi connectivity index (χ1) is 17.9. The molecule has 0 spiro atoms. The fourth-order valence-corrected chi connectivity index (χ4v) is 3.54. The quantitative estimate of drug-likeness (QED) is 0.264. The number of carboxylic acids is 1. The van der Waals surface area contributed by atoms with Crippen LogP contribution in [0.2, 0.25) is 5.02 Å². The van der Waals surface area contributed by atoms with Gasteiger partial charge in [0.05, 0.1) is 26.5 Å². The molecular weight excluding hydrogens is 502 g/mol. The molecule has 1 aromatic heterocycles. The maximum atomic E-state index is 10.8. The van der Waals surface area contributed by atoms with Crippen LogP contribution < -0.4 is 25.1 Å². The summed E-state index contributed by atoms with van der Waals surface area (Å²) in [4.78, 5) is 26.3. The summed E-state index contributed by atoms with van der Waals surface area (Å²) < 4.78 is 16.0. The number of aliphatic carboxylic acids is 1. The van der Waals surface area contributed by atoms with Gasteiger partial charge in [0.15, 0.2) is 18.1 Å². The number of aryl methyl sites for hydroxylation is 1. The minimum Gasteiger partial charge on any atom is -0.493 e. The maximum Gasteiger partial charge on any atom is 0.341 e. The molecule has 0 amide bonds. The highest BCUT2D eigenvalue weighted by Gasteiger charge is 2.17. The van der Waals surface area contributed by atoms with E-state index in [1.165, 1.54) is 7.11 Å². The number of halogens is 1. The number of hydrogen-bond acceptors (Lipinski definition) is 11. The van der Waals surface area contributed by atoms with Crippen molar-refractivity contribution in [1.29, 1.82) is 0 Å². The van der Waals surface area contributed by atoms with E-state index in [-0.39, 0.29) is 5.95 Å². The Bertz CT molecular complexity index is 1280. The van der Waals surface area contributed by atoms with Crippen molar-refractivity contribution in [3.05, 3.63) is 52.5 Å². The standard InChI is InChI=1S/C24H26ClN7O5/c1-15-3-5-17(12-18(15)25)27-22-28-23(30-24(29-22)32-7-9-36-10-8-32)31-26-13-16-4-6-19(20(11-16)35-2)37-14-21(33)34/h3-6,11-13H,7-10,14H2,1-2H3,(H,33,34)(H2,27,28,29,30,31). The number of nitrogens with zero attached hydrogens (tertiary/aromatic N) is 5. The second-order valence-electron chi connectivity index (χ2n) is 7.93. The number of methoxy groups -OCH3 is 1. The van der Waals surface area contributed by atoms with Gasteiger partial charge in [-0.25, -0.2) is 10.2 Å². The Balaban J connectivity index is 1.53. The molecule has 1 saturated heterocycles. The van der Waals surface area contributed by atoms with E-state index in [1.54, 1.807) is 30.5 Å². The van der Waals surface area contributed by atoms with Crippen LogP contribution in [-0.4, -0.2) is 72.3 Å². The van der Waals surface area contributed by atoms with Crippen molar-refractivity contribution in [2.75, 3.05) is 55.7 Å². The molecule has 3 N–H and O–H groups in total. The number of carbonyl (C=O) groups is 1. The fraction of sp³-hybridized carbons (Fsp3) is 0.292. The Morgan fingerprint density at radius 1 is 1.16 bits per heavy atom. The van der Waals surface area contributed by atoms with E-state index in [2.05, 4.69) is 30.8 Å². The van der Waals surface area contributed by atoms with Gasteiger partial charge in [-0.2, -0.15) is 20.1 Å². The molecule has 13 heteroatoms. The monoisotopic (exact) mass is 527 g/mol. The topological polar surface area (TPSA) is 143 Å². The summed E-state index contributed by atoms with van der Waals surface area (Å²) in [6.07, 6.45) is 1.55. The van der Waals surface area contributed by atoms with E-state index in [1.807, 2.05) is 24.0 Å². The van der Waals surface area contributed by atoms with E-state index in [9.17, 15) is 4.79 Å². The molecular formula is C24H26ClN7O5. The van der Waals surface area contributed by atoms with Crippen LogP contribution in [0.15, 0.2) is 41.5 Å². The van der Waals surface area contributed by atoms with Crippen LogP contribution in [0.1, 0.15) is 11.1 Å². The summed E-state index contributed by atoms with van der Waals surface area (Å²) in [5, 5.41) is 16.9. The Labute approximate surface area is 218 Å². The predicted octanol–water partition coefficient (Wildman–Crippen LogP) is 3.33. The molecule has 0 atom stereocenters. The average molecular weight is 528 g/mol. The zero-order valence-corrected chi connectivity index (χ0v) is 21.0. The highest BCUT2D eigenvalue weighted by atomic mass is 35.5. The van der Waals surface area contributed by atoms with Gasteiger partial charge in [0.1, 0.15) is 0 Å². The van der Waals surface area contributed by atoms with E-state index >= 15 is 0 Å². The molecule has 37 heavy (non-hydrogen) atoms. The molecule has 1 fully saturated rings. The highest BCUT2D eigenvalue weighted by molar-refractivity contribution is 6.31. The van der Waals surface area contributed by atoms with E-state index < -0.39 is 12.6 Å². The van der Waals surface area contributed by atoms with Crippen LogP contribution >= 0.6 is 11.6 Å². The number of ether oxygens (including phenoxy) is 3. The molecule has 0 aliphatic carbocycles. The van der Waals surface area contributed by atoms with Gasteiger partial charge in [-0.1, -0.05) is 17.7 Å². The fourth-order valence-electron chi connectivity index (χ4n) is 3.36. The third-order valence-electron chi connectivity index (χ3n) is 5.26. The largest absolute Gasteiger partial charge is 0.493 e. The summed E-state index contributed by atoms with van der Waals surface area (Å²) in [6, 6.07) is 10.6. The minimum atomic E-state index is -1.08. The van der Waals surface area contributed by atoms with Crippen LogP contribution in [0.5, 0.6) is 11.5 Å². The molecule has 12 nitrogen and oxygen atoms in total. The molecule has 194 valence electrons. The Morgan fingerprint density at radius 2 is 1.95 bits per heavy atom. The molecule has 2 heterocycles. The van der Waals surface area contributed by atoms with E-state index in [0.717, 1.165) is 11.3 Å². The first kappa shape index (κ1) is 25.9. The molecule has 0 radical (unpaired) electrons. The summed E-state index contributed by atoms with van der Waals surface area (Å²) in [7, 11) is 1.47. The Kier molecular flexibility index (Phi) is 8.54. The van der Waals surface area contributed by atoms with Crippen LogP contribution in [0.4, 0.5) is 23.5 Å². The number of carboxylic acid groups (broad SMARTS) is 1. The summed E-state index contributed by atoms with van der Waals surface area (Å²) in [6.45, 7) is 3.92. The second kappa shape index (κ2) is 12.2. The molecule has 2 aromatic carbocycles. The van der Waals surface area contributed by atoms with Crippen molar-refractivity contribution in [2.24, 2.45) is 5.10 Å². The lowest BCUT2D eigenvalue weighted by Crippen LogP contribution is -2.37. The van der Waals surface area contributed by atoms with Crippen molar-refractivity contribution in [3.8, 4) is 11.5 Å². The van der Waals surface area contributed by atoms with Crippen LogP contribution in [-0.2, 0) is 9.53 Å². The smallest absolute Gasteiger partial charge is 0.341 e. The third-order valence-corrected chi connectivity index (χ3v) is 5.67. The number of hydrogen-bond donors (Lipinski definition) is 3. The number of aromatic nitrogens is 3. The number of rotatable bonds is 10. The summed E-state index contributed by atoms with van der Waals surface area (Å²) in [5.41, 5.74) is 5.23. The van der Waals surface area contributed by atoms with Crippen molar-refractivity contribution >= 4 is 47.3 Å². The van der Waals surface area contributed by atoms with Gasteiger partial charge in [0, 0.05) is 23.8 Å². The third kappa shape index (κ3) is 7.18. The van der Waals surface area contributed by atoms with Crippen molar-refractivity contribution in [3.63, 3.8) is 0 Å². The zero-order valence-electron chi connectivity index (χ0n) is 20.3. The first-order valence-corrected chi connectivity index (χ1v) is 11.7. The lowest BCUT2D eigenvalue weighted by atomic mass is 10.2. The summed E-state index contributed by atoms with van der Waals surface area (Å²) >= 11 is 6.26. The van der Waals surface area contributed by atoms with Crippen molar-refractivity contribution in [1.82, 2.24) is 15.0 Å². The highest BCUT2D eigenvalue weighted by Crippen LogP contribution is 2.28. The Hall–Kier alpha value is -4.16. The van der Waals surface area contributed by atoms with Gasteiger partial charge in [0.2, 0.25) is 17.8 Å². The number of nitrogens with one attached hydrogen (secondary N) is 2. The lowest BCUT2D eigenvalue weighted by Gasteiger charge is -2.27. The van der Waals surface area contributed by atoms with Crippen molar-refractivity contribution < 1.29 is 24.1 Å². The van der Waals surface area contributed by atoms with Crippen LogP contribution in [0.3, 0.4) is 0 Å². The summed E-state index contributed by atoms with van der Waals surface area (Å²) in [5.74, 6) is 0.665. The number of anilines is 4. The molecule has 4 rings (SSSR count). The lowest BCUT2D eigenvalue weighted by molar-refractivity contribution is -0.139. The second-order valence-corrected chi connectivity index (χ2v) is 8.34. The molecule has 0 bridgehead atoms. The maximum absolute atomic E-state index is 10.8. The molecule has 1 aliphatic rings. The number of hydrazone groups is 1. The van der Waals surface area contributed by atoms with Crippen LogP contribution in [0.25, 0.3) is 0 Å². The predicted molar refractivity (Wildman–Crippen MR) is 140 cm³/mol. The van der Waals surface area contributed by atoms with Gasteiger partial charge in [-0.05, 0) is 48.4 Å². The zero-order chi connectivity index (χ0) is 26.2. The van der Waals surface area contributed by atoms with Gasteiger partial charge in [-0.3, -0.25) is 0 Å². The van der Waals surface area contributed by atoms with E-state index in [4.69, 9.17) is 30.9 Å². The molecule has 0 saturated carbocycles. The van der Waals surface area contributed by atoms with Gasteiger partial charge in [-0.15, -0.1) is 0 Å². The molecule has 0 unspecified atom stereocenters. The minimum absolute atomic E-state index is 0.238.